The summed E-state index contributed by atoms with van der Waals surface area (Å²) in [5.74, 6) is 1.65. The van der Waals surface area contributed by atoms with Crippen LogP contribution in [0.3, 0.4) is 0 Å². The minimum Gasteiger partial charge on any atom is -0.490 e. The van der Waals surface area contributed by atoms with E-state index in [0.717, 1.165) is 42.0 Å². The number of hydrogen-bond acceptors (Lipinski definition) is 7. The van der Waals surface area contributed by atoms with Gasteiger partial charge in [-0.05, 0) is 55.9 Å². The molecule has 0 bridgehead atoms. The van der Waals surface area contributed by atoms with Gasteiger partial charge in [0.25, 0.3) is 0 Å². The number of para-hydroxylation sites is 2. The fourth-order valence-electron chi connectivity index (χ4n) is 4.40. The Morgan fingerprint density at radius 2 is 1.74 bits per heavy atom. The molecule has 1 aromatic heterocycles. The largest absolute Gasteiger partial charge is 0.490 e. The Balaban J connectivity index is 1.29. The molecule has 0 spiro atoms. The van der Waals surface area contributed by atoms with Crippen LogP contribution in [0.5, 0.6) is 11.5 Å². The Labute approximate surface area is 222 Å². The van der Waals surface area contributed by atoms with Gasteiger partial charge in [0.15, 0.2) is 17.3 Å². The number of anilines is 2. The molecule has 0 unspecified atom stereocenters. The van der Waals surface area contributed by atoms with Gasteiger partial charge in [0, 0.05) is 19.4 Å². The van der Waals surface area contributed by atoms with Crippen LogP contribution in [0.1, 0.15) is 43.7 Å². The molecule has 1 aliphatic rings. The Bertz CT molecular complexity index is 1220. The lowest BCUT2D eigenvalue weighted by molar-refractivity contribution is -0.137. The first-order valence-electron chi connectivity index (χ1n) is 13.0. The van der Waals surface area contributed by atoms with E-state index < -0.39 is 5.97 Å². The first kappa shape index (κ1) is 26.9. The molecule has 9 nitrogen and oxygen atoms in total. The van der Waals surface area contributed by atoms with Crippen molar-refractivity contribution < 1.29 is 24.2 Å². The van der Waals surface area contributed by atoms with Crippen molar-refractivity contribution in [3.63, 3.8) is 0 Å². The summed E-state index contributed by atoms with van der Waals surface area (Å²) in [5.41, 5.74) is 1.99. The molecule has 3 aromatic rings. The molecule has 9 heteroatoms. The quantitative estimate of drug-likeness (QED) is 0.360. The predicted molar refractivity (Wildman–Crippen MR) is 145 cm³/mol. The van der Waals surface area contributed by atoms with Crippen molar-refractivity contribution in [3.05, 3.63) is 72.1 Å². The maximum atomic E-state index is 12.6. The van der Waals surface area contributed by atoms with Crippen molar-refractivity contribution >= 4 is 23.5 Å². The number of nitrogens with zero attached hydrogens (tertiary/aromatic N) is 3. The molecular formula is C29H34N4O5. The van der Waals surface area contributed by atoms with Crippen LogP contribution in [0.25, 0.3) is 0 Å². The number of benzene rings is 2. The topological polar surface area (TPSA) is 114 Å². The molecule has 38 heavy (non-hydrogen) atoms. The van der Waals surface area contributed by atoms with E-state index in [9.17, 15) is 9.59 Å². The highest BCUT2D eigenvalue weighted by atomic mass is 16.5. The number of rotatable bonds is 12. The Morgan fingerprint density at radius 3 is 2.45 bits per heavy atom. The van der Waals surface area contributed by atoms with E-state index in [1.165, 1.54) is 0 Å². The van der Waals surface area contributed by atoms with Crippen LogP contribution in [-0.2, 0) is 22.4 Å². The van der Waals surface area contributed by atoms with Crippen LogP contribution in [0.4, 0.5) is 11.6 Å². The van der Waals surface area contributed by atoms with Gasteiger partial charge in [0.1, 0.15) is 11.9 Å². The van der Waals surface area contributed by atoms with Gasteiger partial charge in [-0.3, -0.25) is 14.6 Å². The molecule has 4 rings (SSSR count). The number of carboxylic acids is 1. The first-order valence-corrected chi connectivity index (χ1v) is 13.0. The van der Waals surface area contributed by atoms with Gasteiger partial charge in [0.2, 0.25) is 5.91 Å². The van der Waals surface area contributed by atoms with E-state index in [2.05, 4.69) is 20.2 Å². The minimum absolute atomic E-state index is 0.0130. The average Bonchev–Trinajstić information content (AvgIpc) is 2.93. The highest BCUT2D eigenvalue weighted by Gasteiger charge is 2.24. The van der Waals surface area contributed by atoms with E-state index >= 15 is 0 Å². The molecule has 2 N–H and O–H groups in total. The summed E-state index contributed by atoms with van der Waals surface area (Å²) >= 11 is 0. The zero-order valence-electron chi connectivity index (χ0n) is 21.6. The Hall–Kier alpha value is -4.14. The van der Waals surface area contributed by atoms with Crippen LogP contribution in [0.2, 0.25) is 0 Å². The lowest BCUT2D eigenvalue weighted by atomic mass is 10.0. The third-order valence-electron chi connectivity index (χ3n) is 6.33. The monoisotopic (exact) mass is 518 g/mol. The first-order chi connectivity index (χ1) is 18.5. The maximum absolute atomic E-state index is 12.6. The Morgan fingerprint density at radius 1 is 1.03 bits per heavy atom. The number of carboxylic acid groups (broad SMARTS) is 1. The third kappa shape index (κ3) is 7.93. The SMILES string of the molecule is CCOc1ccccc1O[C@@H]1CCCN(c2cncc(NC(=O)CCc3ccc(CCC(=O)O)cc3)n2)C1. The number of carbonyl (C=O) groups is 2. The Kier molecular flexibility index (Phi) is 9.50. The standard InChI is InChI=1S/C29H34N4O5/c1-2-37-24-7-3-4-8-25(24)38-23-6-5-17-33(20-23)27-19-30-18-26(31-27)32-28(34)15-13-21-9-11-22(12-10-21)14-16-29(35)36/h3-4,7-12,18-19,23H,2,5-6,13-17,20H2,1H3,(H,35,36)(H,31,32,34)/t23-/m1/s1. The van der Waals surface area contributed by atoms with Gasteiger partial charge in [0.05, 0.1) is 25.5 Å². The molecular weight excluding hydrogens is 484 g/mol. The number of aryl methyl sites for hydroxylation is 2. The lowest BCUT2D eigenvalue weighted by Gasteiger charge is -2.33. The van der Waals surface area contributed by atoms with Crippen molar-refractivity contribution in [3.8, 4) is 11.5 Å². The van der Waals surface area contributed by atoms with E-state index in [1.807, 2.05) is 55.5 Å². The van der Waals surface area contributed by atoms with E-state index in [1.54, 1.807) is 12.4 Å². The molecule has 1 fully saturated rings. The molecule has 200 valence electrons. The summed E-state index contributed by atoms with van der Waals surface area (Å²) in [6, 6.07) is 15.4. The van der Waals surface area contributed by atoms with Crippen LogP contribution in [-0.4, -0.2) is 52.8 Å². The van der Waals surface area contributed by atoms with Crippen LogP contribution >= 0.6 is 0 Å². The van der Waals surface area contributed by atoms with Crippen LogP contribution in [0.15, 0.2) is 60.9 Å². The fraction of sp³-hybridized carbons (Fsp3) is 0.379. The molecule has 1 amide bonds. The van der Waals surface area contributed by atoms with Crippen molar-refractivity contribution in [1.82, 2.24) is 9.97 Å². The van der Waals surface area contributed by atoms with Crippen molar-refractivity contribution in [1.29, 1.82) is 0 Å². The van der Waals surface area contributed by atoms with Crippen molar-refractivity contribution in [2.75, 3.05) is 29.9 Å². The van der Waals surface area contributed by atoms with Crippen LogP contribution < -0.4 is 19.7 Å². The number of aromatic nitrogens is 2. The number of piperidine rings is 1. The second-order valence-corrected chi connectivity index (χ2v) is 9.23. The van der Waals surface area contributed by atoms with E-state index in [-0.39, 0.29) is 18.4 Å². The van der Waals surface area contributed by atoms with Gasteiger partial charge < -0.3 is 24.8 Å². The predicted octanol–water partition coefficient (Wildman–Crippen LogP) is 4.51. The number of aliphatic carboxylic acids is 1. The average molecular weight is 519 g/mol. The molecule has 2 aromatic carbocycles. The van der Waals surface area contributed by atoms with Crippen LogP contribution in [0, 0.1) is 0 Å². The minimum atomic E-state index is -0.811. The summed E-state index contributed by atoms with van der Waals surface area (Å²) < 4.78 is 12.0. The summed E-state index contributed by atoms with van der Waals surface area (Å²) in [4.78, 5) is 34.4. The molecule has 0 radical (unpaired) electrons. The molecule has 1 aliphatic heterocycles. The zero-order chi connectivity index (χ0) is 26.7. The van der Waals surface area contributed by atoms with Gasteiger partial charge >= 0.3 is 5.97 Å². The van der Waals surface area contributed by atoms with Gasteiger partial charge in [-0.15, -0.1) is 0 Å². The van der Waals surface area contributed by atoms with E-state index in [0.29, 0.717) is 44.0 Å². The van der Waals surface area contributed by atoms with E-state index in [4.69, 9.17) is 14.6 Å². The molecule has 1 saturated heterocycles. The summed E-state index contributed by atoms with van der Waals surface area (Å²) in [7, 11) is 0. The normalized spacial score (nSPS) is 15.1. The van der Waals surface area contributed by atoms with Gasteiger partial charge in [-0.1, -0.05) is 36.4 Å². The second-order valence-electron chi connectivity index (χ2n) is 9.23. The van der Waals surface area contributed by atoms with Gasteiger partial charge in [-0.25, -0.2) is 4.98 Å². The zero-order valence-corrected chi connectivity index (χ0v) is 21.6. The summed E-state index contributed by atoms with van der Waals surface area (Å²) in [6.07, 6.45) is 6.61. The highest BCUT2D eigenvalue weighted by molar-refractivity contribution is 5.89. The molecule has 1 atom stereocenters. The fourth-order valence-corrected chi connectivity index (χ4v) is 4.40. The number of amides is 1. The molecule has 0 aliphatic carbocycles. The number of carbonyl (C=O) groups excluding carboxylic acids is 1. The van der Waals surface area contributed by atoms with Crippen molar-refractivity contribution in [2.45, 2.75) is 51.6 Å². The third-order valence-corrected chi connectivity index (χ3v) is 6.33. The smallest absolute Gasteiger partial charge is 0.303 e. The highest BCUT2D eigenvalue weighted by Crippen LogP contribution is 2.30. The number of hydrogen-bond donors (Lipinski definition) is 2. The number of ether oxygens (including phenoxy) is 2. The van der Waals surface area contributed by atoms with Gasteiger partial charge in [-0.2, -0.15) is 0 Å². The second kappa shape index (κ2) is 13.4. The number of nitrogens with one attached hydrogen (secondary N) is 1. The lowest BCUT2D eigenvalue weighted by Crippen LogP contribution is -2.41. The maximum Gasteiger partial charge on any atom is 0.303 e. The van der Waals surface area contributed by atoms with Crippen molar-refractivity contribution in [2.24, 2.45) is 0 Å². The molecule has 0 saturated carbocycles. The summed E-state index contributed by atoms with van der Waals surface area (Å²) in [6.45, 7) is 4.02. The molecule has 2 heterocycles. The summed E-state index contributed by atoms with van der Waals surface area (Å²) in [5, 5.41) is 11.7.